The number of hydrogen-bond donors (Lipinski definition) is 1. The van der Waals surface area contributed by atoms with Gasteiger partial charge in [-0.25, -0.2) is 8.42 Å². The Morgan fingerprint density at radius 1 is 1.00 bits per heavy atom. The molecule has 1 N–H and O–H groups in total. The number of fused-ring (bicyclic) bond motifs is 1. The van der Waals surface area contributed by atoms with E-state index in [9.17, 15) is 13.2 Å². The molecule has 0 atom stereocenters. The zero-order valence-corrected chi connectivity index (χ0v) is 15.7. The van der Waals surface area contributed by atoms with Crippen LogP contribution in [0.4, 0.5) is 11.4 Å². The van der Waals surface area contributed by atoms with E-state index in [4.69, 9.17) is 0 Å². The molecule has 0 heterocycles. The molecule has 0 saturated heterocycles. The summed E-state index contributed by atoms with van der Waals surface area (Å²) in [5, 5.41) is 4.90. The topological polar surface area (TPSA) is 66.5 Å². The summed E-state index contributed by atoms with van der Waals surface area (Å²) in [6, 6.07) is 18.5. The number of rotatable bonds is 4. The molecule has 0 radical (unpaired) electrons. The Morgan fingerprint density at radius 3 is 2.42 bits per heavy atom. The summed E-state index contributed by atoms with van der Waals surface area (Å²) in [6.45, 7) is 1.81. The summed E-state index contributed by atoms with van der Waals surface area (Å²) >= 11 is 0. The fraction of sp³-hybridized carbons (Fsp3) is 0.150. The lowest BCUT2D eigenvalue weighted by Crippen LogP contribution is -2.26. The molecular formula is C20H20N2O3S. The minimum absolute atomic E-state index is 0.287. The van der Waals surface area contributed by atoms with Gasteiger partial charge in [0.1, 0.15) is 0 Å². The summed E-state index contributed by atoms with van der Waals surface area (Å²) in [7, 11) is -1.93. The number of sulfonamides is 1. The van der Waals surface area contributed by atoms with Gasteiger partial charge < -0.3 is 5.32 Å². The molecule has 0 aliphatic carbocycles. The van der Waals surface area contributed by atoms with E-state index in [0.29, 0.717) is 16.9 Å². The largest absolute Gasteiger partial charge is 0.321 e. The first kappa shape index (κ1) is 17.9. The minimum atomic E-state index is -3.41. The number of anilines is 2. The van der Waals surface area contributed by atoms with Gasteiger partial charge in [0.2, 0.25) is 10.0 Å². The summed E-state index contributed by atoms with van der Waals surface area (Å²) < 4.78 is 24.8. The van der Waals surface area contributed by atoms with Crippen LogP contribution in [-0.2, 0) is 10.0 Å². The van der Waals surface area contributed by atoms with E-state index in [1.807, 2.05) is 49.4 Å². The molecule has 0 unspecified atom stereocenters. The number of nitrogens with zero attached hydrogens (tertiary/aromatic N) is 1. The number of nitrogens with one attached hydrogen (secondary N) is 1. The molecule has 3 aromatic rings. The van der Waals surface area contributed by atoms with Gasteiger partial charge in [-0.15, -0.1) is 0 Å². The number of hydrogen-bond acceptors (Lipinski definition) is 3. The molecule has 134 valence electrons. The van der Waals surface area contributed by atoms with Crippen molar-refractivity contribution in [3.8, 4) is 0 Å². The van der Waals surface area contributed by atoms with Crippen LogP contribution >= 0.6 is 0 Å². The summed E-state index contributed by atoms with van der Waals surface area (Å²) in [5.74, 6) is -0.287. The Balaban J connectivity index is 1.95. The van der Waals surface area contributed by atoms with Crippen LogP contribution in [0.2, 0.25) is 0 Å². The maximum atomic E-state index is 12.7. The van der Waals surface area contributed by atoms with Crippen molar-refractivity contribution in [2.75, 3.05) is 22.9 Å². The predicted molar refractivity (Wildman–Crippen MR) is 106 cm³/mol. The number of carbonyl (C=O) groups excluding carboxylic acids is 1. The molecule has 5 nitrogen and oxygen atoms in total. The van der Waals surface area contributed by atoms with E-state index in [2.05, 4.69) is 5.32 Å². The van der Waals surface area contributed by atoms with E-state index in [0.717, 1.165) is 22.6 Å². The van der Waals surface area contributed by atoms with Gasteiger partial charge >= 0.3 is 0 Å². The van der Waals surface area contributed by atoms with Crippen LogP contribution in [0.1, 0.15) is 15.9 Å². The van der Waals surface area contributed by atoms with Crippen molar-refractivity contribution in [2.45, 2.75) is 6.92 Å². The lowest BCUT2D eigenvalue weighted by Gasteiger charge is -2.20. The quantitative estimate of drug-likeness (QED) is 0.762. The third kappa shape index (κ3) is 3.55. The number of amides is 1. The van der Waals surface area contributed by atoms with Crippen LogP contribution < -0.4 is 9.62 Å². The highest BCUT2D eigenvalue weighted by molar-refractivity contribution is 7.92. The highest BCUT2D eigenvalue weighted by Gasteiger charge is 2.17. The van der Waals surface area contributed by atoms with Crippen molar-refractivity contribution >= 4 is 38.1 Å². The Bertz CT molecular complexity index is 1090. The zero-order chi connectivity index (χ0) is 18.9. The second-order valence-electron chi connectivity index (χ2n) is 6.21. The normalized spacial score (nSPS) is 11.3. The van der Waals surface area contributed by atoms with Gasteiger partial charge in [0, 0.05) is 23.7 Å². The molecule has 0 aromatic heterocycles. The Kier molecular flexibility index (Phi) is 4.70. The van der Waals surface area contributed by atoms with Gasteiger partial charge in [-0.2, -0.15) is 0 Å². The molecule has 26 heavy (non-hydrogen) atoms. The summed E-state index contributed by atoms with van der Waals surface area (Å²) in [4.78, 5) is 12.7. The molecule has 3 rings (SSSR count). The monoisotopic (exact) mass is 368 g/mol. The van der Waals surface area contributed by atoms with Gasteiger partial charge in [0.15, 0.2) is 0 Å². The van der Waals surface area contributed by atoms with Gasteiger partial charge in [-0.1, -0.05) is 42.5 Å². The molecule has 0 spiro atoms. The van der Waals surface area contributed by atoms with Gasteiger partial charge in [-0.05, 0) is 36.1 Å². The van der Waals surface area contributed by atoms with Crippen LogP contribution in [0.25, 0.3) is 10.8 Å². The van der Waals surface area contributed by atoms with E-state index >= 15 is 0 Å². The number of carbonyl (C=O) groups is 1. The zero-order valence-electron chi connectivity index (χ0n) is 14.9. The smallest absolute Gasteiger partial charge is 0.255 e. The van der Waals surface area contributed by atoms with Crippen molar-refractivity contribution < 1.29 is 13.2 Å². The van der Waals surface area contributed by atoms with Crippen molar-refractivity contribution in [3.63, 3.8) is 0 Å². The Labute approximate surface area is 153 Å². The van der Waals surface area contributed by atoms with Gasteiger partial charge in [0.25, 0.3) is 5.91 Å². The second-order valence-corrected chi connectivity index (χ2v) is 8.23. The van der Waals surface area contributed by atoms with Gasteiger partial charge in [0.05, 0.1) is 11.9 Å². The molecule has 6 heteroatoms. The lowest BCUT2D eigenvalue weighted by molar-refractivity contribution is 0.102. The molecule has 0 saturated carbocycles. The molecule has 0 bridgehead atoms. The van der Waals surface area contributed by atoms with E-state index < -0.39 is 10.0 Å². The van der Waals surface area contributed by atoms with E-state index in [1.54, 1.807) is 18.2 Å². The average Bonchev–Trinajstić information content (AvgIpc) is 2.61. The maximum absolute atomic E-state index is 12.7. The van der Waals surface area contributed by atoms with E-state index in [1.165, 1.54) is 11.4 Å². The molecule has 3 aromatic carbocycles. The van der Waals surface area contributed by atoms with Crippen molar-refractivity contribution in [1.82, 2.24) is 0 Å². The lowest BCUT2D eigenvalue weighted by atomic mass is 10.1. The third-order valence-corrected chi connectivity index (χ3v) is 5.54. The standard InChI is InChI=1S/C20H20N2O3S/c1-14-11-12-16(13-19(14)22(2)26(3,24)25)20(23)21-18-10-6-8-15-7-4-5-9-17(15)18/h4-13H,1-3H3,(H,21,23). The van der Waals surface area contributed by atoms with E-state index in [-0.39, 0.29) is 5.91 Å². The molecule has 0 aliphatic rings. The molecular weight excluding hydrogens is 348 g/mol. The highest BCUT2D eigenvalue weighted by Crippen LogP contribution is 2.26. The first-order valence-corrected chi connectivity index (χ1v) is 9.96. The average molecular weight is 368 g/mol. The Morgan fingerprint density at radius 2 is 1.69 bits per heavy atom. The minimum Gasteiger partial charge on any atom is -0.321 e. The molecule has 1 amide bonds. The van der Waals surface area contributed by atoms with Crippen molar-refractivity contribution in [3.05, 3.63) is 71.8 Å². The van der Waals surface area contributed by atoms with Crippen LogP contribution in [0.15, 0.2) is 60.7 Å². The second kappa shape index (κ2) is 6.80. The van der Waals surface area contributed by atoms with Crippen LogP contribution in [0, 0.1) is 6.92 Å². The highest BCUT2D eigenvalue weighted by atomic mass is 32.2. The SMILES string of the molecule is Cc1ccc(C(=O)Nc2cccc3ccccc23)cc1N(C)S(C)(=O)=O. The summed E-state index contributed by atoms with van der Waals surface area (Å²) in [6.07, 6.45) is 1.13. The third-order valence-electron chi connectivity index (χ3n) is 4.35. The van der Waals surface area contributed by atoms with Crippen molar-refractivity contribution in [2.24, 2.45) is 0 Å². The fourth-order valence-electron chi connectivity index (χ4n) is 2.80. The summed E-state index contributed by atoms with van der Waals surface area (Å²) in [5.41, 5.74) is 2.37. The predicted octanol–water partition coefficient (Wildman–Crippen LogP) is 3.80. The van der Waals surface area contributed by atoms with Crippen LogP contribution in [0.5, 0.6) is 0 Å². The Hall–Kier alpha value is -2.86. The molecule has 0 aliphatic heterocycles. The maximum Gasteiger partial charge on any atom is 0.255 e. The number of benzene rings is 3. The van der Waals surface area contributed by atoms with Gasteiger partial charge in [-0.3, -0.25) is 9.10 Å². The van der Waals surface area contributed by atoms with Crippen LogP contribution in [0.3, 0.4) is 0 Å². The molecule has 0 fully saturated rings. The fourth-order valence-corrected chi connectivity index (χ4v) is 3.35. The van der Waals surface area contributed by atoms with Crippen molar-refractivity contribution in [1.29, 1.82) is 0 Å². The first-order valence-electron chi connectivity index (χ1n) is 8.11. The van der Waals surface area contributed by atoms with Crippen LogP contribution in [-0.4, -0.2) is 27.6 Å². The first-order chi connectivity index (χ1) is 12.3. The number of aryl methyl sites for hydroxylation is 1.